The Morgan fingerprint density at radius 2 is 2.05 bits per heavy atom. The van der Waals surface area contributed by atoms with E-state index in [4.69, 9.17) is 0 Å². The number of piperidine rings is 1. The van der Waals surface area contributed by atoms with Crippen LogP contribution in [-0.2, 0) is 0 Å². The smallest absolute Gasteiger partial charge is 0.255 e. The van der Waals surface area contributed by atoms with Gasteiger partial charge in [-0.25, -0.2) is 0 Å². The third-order valence-electron chi connectivity index (χ3n) is 4.10. The summed E-state index contributed by atoms with van der Waals surface area (Å²) in [5.74, 6) is 0.0628. The van der Waals surface area contributed by atoms with Crippen molar-refractivity contribution >= 4 is 11.6 Å². The molecule has 2 N–H and O–H groups in total. The van der Waals surface area contributed by atoms with E-state index in [1.54, 1.807) is 0 Å². The first kappa shape index (κ1) is 15.8. The summed E-state index contributed by atoms with van der Waals surface area (Å²) >= 11 is 0. The van der Waals surface area contributed by atoms with E-state index in [1.807, 2.05) is 36.9 Å². The minimum Gasteiger partial charge on any atom is -0.390 e. The molecule has 1 aliphatic heterocycles. The van der Waals surface area contributed by atoms with Crippen molar-refractivity contribution in [1.29, 1.82) is 0 Å². The predicted molar refractivity (Wildman–Crippen MR) is 85.7 cm³/mol. The van der Waals surface area contributed by atoms with Crippen molar-refractivity contribution in [2.24, 2.45) is 0 Å². The molecule has 0 radical (unpaired) electrons. The first-order valence-electron chi connectivity index (χ1n) is 7.79. The topological polar surface area (TPSA) is 52.6 Å². The number of rotatable bonds is 4. The van der Waals surface area contributed by atoms with Gasteiger partial charge in [-0.3, -0.25) is 4.79 Å². The molecule has 1 aromatic rings. The van der Waals surface area contributed by atoms with Crippen LogP contribution in [0.1, 0.15) is 49.0 Å². The lowest BCUT2D eigenvalue weighted by molar-refractivity contribution is -0.00199. The second kappa shape index (κ2) is 6.48. The minimum atomic E-state index is -0.632. The molecule has 4 heteroatoms. The van der Waals surface area contributed by atoms with E-state index in [0.29, 0.717) is 25.9 Å². The second-order valence-electron chi connectivity index (χ2n) is 6.26. The average Bonchev–Trinajstić information content (AvgIpc) is 2.45. The molecule has 1 saturated heterocycles. The van der Waals surface area contributed by atoms with E-state index in [0.717, 1.165) is 29.8 Å². The van der Waals surface area contributed by atoms with Gasteiger partial charge in [-0.05, 0) is 45.2 Å². The normalized spacial score (nSPS) is 17.6. The van der Waals surface area contributed by atoms with E-state index in [-0.39, 0.29) is 5.91 Å². The van der Waals surface area contributed by atoms with Crippen LogP contribution in [0.5, 0.6) is 0 Å². The fraction of sp³-hybridized carbons (Fsp3) is 0.588. The van der Waals surface area contributed by atoms with Crippen molar-refractivity contribution < 1.29 is 9.90 Å². The molecule has 0 saturated carbocycles. The van der Waals surface area contributed by atoms with Gasteiger partial charge in [0.15, 0.2) is 0 Å². The number of benzene rings is 1. The van der Waals surface area contributed by atoms with E-state index in [2.05, 4.69) is 12.2 Å². The van der Waals surface area contributed by atoms with Crippen molar-refractivity contribution in [3.8, 4) is 0 Å². The molecule has 116 valence electrons. The predicted octanol–water partition coefficient (Wildman–Crippen LogP) is 2.80. The molecule has 1 heterocycles. The van der Waals surface area contributed by atoms with Gasteiger partial charge in [0.05, 0.1) is 11.2 Å². The molecule has 0 bridgehead atoms. The summed E-state index contributed by atoms with van der Waals surface area (Å²) in [6.07, 6.45) is 2.30. The molecule has 0 aliphatic carbocycles. The van der Waals surface area contributed by atoms with Gasteiger partial charge >= 0.3 is 0 Å². The van der Waals surface area contributed by atoms with Gasteiger partial charge in [0.2, 0.25) is 0 Å². The summed E-state index contributed by atoms with van der Waals surface area (Å²) in [7, 11) is 0. The molecule has 1 aromatic carbocycles. The van der Waals surface area contributed by atoms with Gasteiger partial charge < -0.3 is 15.3 Å². The maximum absolute atomic E-state index is 12.8. The molecular weight excluding hydrogens is 264 g/mol. The Morgan fingerprint density at radius 3 is 2.67 bits per heavy atom. The Labute approximate surface area is 127 Å². The highest BCUT2D eigenvalue weighted by Crippen LogP contribution is 2.25. The van der Waals surface area contributed by atoms with E-state index >= 15 is 0 Å². The Bertz CT molecular complexity index is 502. The Kier molecular flexibility index (Phi) is 4.88. The number of amides is 1. The van der Waals surface area contributed by atoms with Crippen molar-refractivity contribution in [3.05, 3.63) is 29.3 Å². The number of anilines is 1. The number of nitrogens with zero attached hydrogens (tertiary/aromatic N) is 1. The fourth-order valence-electron chi connectivity index (χ4n) is 2.61. The Hall–Kier alpha value is -1.55. The number of hydrogen-bond acceptors (Lipinski definition) is 3. The SMILES string of the molecule is CCCNc1ccc(C)cc1C(=O)N1CCC(C)(O)CC1. The van der Waals surface area contributed by atoms with Crippen LogP contribution < -0.4 is 5.32 Å². The summed E-state index contributed by atoms with van der Waals surface area (Å²) in [6, 6.07) is 5.96. The molecule has 0 atom stereocenters. The third kappa shape index (κ3) is 3.97. The molecule has 0 spiro atoms. The summed E-state index contributed by atoms with van der Waals surface area (Å²) in [6.45, 7) is 8.05. The molecule has 1 amide bonds. The first-order valence-corrected chi connectivity index (χ1v) is 7.79. The van der Waals surface area contributed by atoms with Crippen LogP contribution in [0.3, 0.4) is 0 Å². The average molecular weight is 290 g/mol. The molecule has 0 aromatic heterocycles. The zero-order valence-corrected chi connectivity index (χ0v) is 13.3. The third-order valence-corrected chi connectivity index (χ3v) is 4.10. The first-order chi connectivity index (χ1) is 9.93. The van der Waals surface area contributed by atoms with Gasteiger partial charge in [0.1, 0.15) is 0 Å². The van der Waals surface area contributed by atoms with Crippen LogP contribution >= 0.6 is 0 Å². The molecule has 21 heavy (non-hydrogen) atoms. The highest BCUT2D eigenvalue weighted by Gasteiger charge is 2.30. The number of hydrogen-bond donors (Lipinski definition) is 2. The zero-order chi connectivity index (χ0) is 15.5. The van der Waals surface area contributed by atoms with E-state index in [1.165, 1.54) is 0 Å². The van der Waals surface area contributed by atoms with Crippen LogP contribution in [-0.4, -0.2) is 41.1 Å². The highest BCUT2D eigenvalue weighted by atomic mass is 16.3. The lowest BCUT2D eigenvalue weighted by atomic mass is 9.93. The second-order valence-corrected chi connectivity index (χ2v) is 6.26. The zero-order valence-electron chi connectivity index (χ0n) is 13.3. The molecule has 1 aliphatic rings. The summed E-state index contributed by atoms with van der Waals surface area (Å²) in [5.41, 5.74) is 2.10. The number of likely N-dealkylation sites (tertiary alicyclic amines) is 1. The van der Waals surface area contributed by atoms with Gasteiger partial charge in [0, 0.05) is 25.3 Å². The number of carbonyl (C=O) groups excluding carboxylic acids is 1. The molecule has 4 nitrogen and oxygen atoms in total. The molecule has 2 rings (SSSR count). The maximum atomic E-state index is 12.8. The van der Waals surface area contributed by atoms with Crippen molar-refractivity contribution in [2.45, 2.75) is 45.6 Å². The van der Waals surface area contributed by atoms with Crippen LogP contribution in [0.25, 0.3) is 0 Å². The summed E-state index contributed by atoms with van der Waals surface area (Å²) < 4.78 is 0. The molecular formula is C17H26N2O2. The van der Waals surface area contributed by atoms with Gasteiger partial charge in [0.25, 0.3) is 5.91 Å². The fourth-order valence-corrected chi connectivity index (χ4v) is 2.61. The highest BCUT2D eigenvalue weighted by molar-refractivity contribution is 5.99. The van der Waals surface area contributed by atoms with Crippen LogP contribution in [0.2, 0.25) is 0 Å². The maximum Gasteiger partial charge on any atom is 0.255 e. The monoisotopic (exact) mass is 290 g/mol. The van der Waals surface area contributed by atoms with Crippen molar-refractivity contribution in [3.63, 3.8) is 0 Å². The molecule has 1 fully saturated rings. The Morgan fingerprint density at radius 1 is 1.38 bits per heavy atom. The lowest BCUT2D eigenvalue weighted by Gasteiger charge is -2.36. The number of nitrogens with one attached hydrogen (secondary N) is 1. The number of aliphatic hydroxyl groups is 1. The number of carbonyl (C=O) groups is 1. The van der Waals surface area contributed by atoms with Crippen LogP contribution in [0, 0.1) is 6.92 Å². The Balaban J connectivity index is 2.16. The van der Waals surface area contributed by atoms with Crippen molar-refractivity contribution in [1.82, 2.24) is 4.90 Å². The quantitative estimate of drug-likeness (QED) is 0.896. The van der Waals surface area contributed by atoms with Crippen molar-refractivity contribution in [2.75, 3.05) is 25.0 Å². The van der Waals surface area contributed by atoms with Gasteiger partial charge in [-0.1, -0.05) is 18.6 Å². The standard InChI is InChI=1S/C17H26N2O2/c1-4-9-18-15-6-5-13(2)12-14(15)16(20)19-10-7-17(3,21)8-11-19/h5-6,12,18,21H,4,7-11H2,1-3H3. The minimum absolute atomic E-state index is 0.0628. The largest absolute Gasteiger partial charge is 0.390 e. The van der Waals surface area contributed by atoms with Crippen LogP contribution in [0.4, 0.5) is 5.69 Å². The van der Waals surface area contributed by atoms with Gasteiger partial charge in [-0.15, -0.1) is 0 Å². The lowest BCUT2D eigenvalue weighted by Crippen LogP contribution is -2.45. The van der Waals surface area contributed by atoms with E-state index < -0.39 is 5.60 Å². The van der Waals surface area contributed by atoms with Gasteiger partial charge in [-0.2, -0.15) is 0 Å². The summed E-state index contributed by atoms with van der Waals surface area (Å²) in [5, 5.41) is 13.3. The summed E-state index contributed by atoms with van der Waals surface area (Å²) in [4.78, 5) is 14.6. The number of aryl methyl sites for hydroxylation is 1. The van der Waals surface area contributed by atoms with Crippen LogP contribution in [0.15, 0.2) is 18.2 Å². The molecule has 0 unspecified atom stereocenters. The van der Waals surface area contributed by atoms with E-state index in [9.17, 15) is 9.90 Å².